The average Bonchev–Trinajstić information content (AvgIpc) is 4.03. The van der Waals surface area contributed by atoms with Gasteiger partial charge in [-0.2, -0.15) is 0 Å². The fraction of sp³-hybridized carbons (Fsp3) is 0.0182. The molecule has 0 N–H and O–H groups in total. The van der Waals surface area contributed by atoms with Gasteiger partial charge in [-0.15, -0.1) is 0 Å². The summed E-state index contributed by atoms with van der Waals surface area (Å²) in [5, 5.41) is 8.48. The molecule has 13 rings (SSSR count). The van der Waals surface area contributed by atoms with Gasteiger partial charge < -0.3 is 18.3 Å². The molecule has 294 valence electrons. The van der Waals surface area contributed by atoms with Crippen LogP contribution in [0, 0.1) is 0 Å². The van der Waals surface area contributed by atoms with Crippen LogP contribution < -0.4 is 0 Å². The lowest BCUT2D eigenvalue weighted by molar-refractivity contribution is 0.596. The number of sulfone groups is 1. The van der Waals surface area contributed by atoms with Gasteiger partial charge in [0.1, 0.15) is 0 Å². The van der Waals surface area contributed by atoms with Crippen molar-refractivity contribution in [1.82, 2.24) is 18.3 Å². The number of para-hydroxylation sites is 5. The van der Waals surface area contributed by atoms with Crippen LogP contribution in [0.2, 0.25) is 0 Å². The first-order valence-corrected chi connectivity index (χ1v) is 22.3. The first-order chi connectivity index (χ1) is 30.4. The number of aromatic nitrogens is 4. The minimum atomic E-state index is -3.92. The zero-order chi connectivity index (χ0) is 41.3. The Morgan fingerprint density at radius 1 is 0.290 bits per heavy atom. The lowest BCUT2D eigenvalue weighted by Crippen LogP contribution is -2.02. The Morgan fingerprint density at radius 3 is 1.11 bits per heavy atom. The van der Waals surface area contributed by atoms with Gasteiger partial charge in [-0.3, -0.25) is 0 Å². The molecule has 0 unspecified atom stereocenters. The van der Waals surface area contributed by atoms with E-state index in [1.54, 1.807) is 12.1 Å². The molecule has 0 aliphatic rings. The monoisotopic (exact) mass is 816 g/mol. The van der Waals surface area contributed by atoms with Crippen molar-refractivity contribution < 1.29 is 8.42 Å². The number of hydrogen-bond donors (Lipinski definition) is 0. The summed E-state index contributed by atoms with van der Waals surface area (Å²) < 4.78 is 38.6. The second-order valence-electron chi connectivity index (χ2n) is 16.2. The quantitative estimate of drug-likeness (QED) is 0.174. The van der Waals surface area contributed by atoms with E-state index in [0.29, 0.717) is 0 Å². The molecule has 13 aromatic rings. The summed E-state index contributed by atoms with van der Waals surface area (Å²) in [5.74, 6) is 0. The molecule has 0 saturated heterocycles. The van der Waals surface area contributed by atoms with Gasteiger partial charge in [-0.25, -0.2) is 8.42 Å². The molecule has 9 aromatic carbocycles. The maximum absolute atomic E-state index is 14.8. The maximum Gasteiger partial charge on any atom is 0.206 e. The SMILES string of the molecule is Cn1c2ccccc2c2cc(-n3c4ccccc4c4cc(S(=O)(=O)c5ccc6c(c5)c5ccccc5n6-c5ccc6c(c5)c5ccccc5n6-c5ccccc5)ccc43)ccc21. The highest BCUT2D eigenvalue weighted by Crippen LogP contribution is 2.40. The van der Waals surface area contributed by atoms with E-state index in [9.17, 15) is 8.42 Å². The topological polar surface area (TPSA) is 53.9 Å². The maximum atomic E-state index is 14.8. The van der Waals surface area contributed by atoms with Gasteiger partial charge in [-0.05, 0) is 109 Å². The first kappa shape index (κ1) is 34.9. The summed E-state index contributed by atoms with van der Waals surface area (Å²) in [7, 11) is -1.81. The van der Waals surface area contributed by atoms with Crippen LogP contribution >= 0.6 is 0 Å². The van der Waals surface area contributed by atoms with E-state index in [1.165, 1.54) is 21.7 Å². The molecule has 0 fully saturated rings. The molecule has 4 aromatic heterocycles. The molecule has 0 aliphatic heterocycles. The van der Waals surface area contributed by atoms with Crippen molar-refractivity contribution in [3.05, 3.63) is 200 Å². The lowest BCUT2D eigenvalue weighted by Gasteiger charge is -2.11. The van der Waals surface area contributed by atoms with E-state index >= 15 is 0 Å². The Morgan fingerprint density at radius 2 is 0.613 bits per heavy atom. The van der Waals surface area contributed by atoms with Crippen molar-refractivity contribution in [2.24, 2.45) is 7.05 Å². The van der Waals surface area contributed by atoms with Crippen LogP contribution in [0.25, 0.3) is 104 Å². The summed E-state index contributed by atoms with van der Waals surface area (Å²) in [6, 6.07) is 68.4. The largest absolute Gasteiger partial charge is 0.344 e. The van der Waals surface area contributed by atoms with Gasteiger partial charge in [0.15, 0.2) is 0 Å². The molecule has 0 spiro atoms. The molecule has 62 heavy (non-hydrogen) atoms. The second kappa shape index (κ2) is 12.8. The highest BCUT2D eigenvalue weighted by atomic mass is 32.2. The van der Waals surface area contributed by atoms with Crippen LogP contribution in [-0.2, 0) is 16.9 Å². The van der Waals surface area contributed by atoms with Gasteiger partial charge in [-0.1, -0.05) is 91.0 Å². The Hall–Kier alpha value is -7.87. The summed E-state index contributed by atoms with van der Waals surface area (Å²) in [4.78, 5) is 0.527. The van der Waals surface area contributed by atoms with E-state index in [4.69, 9.17) is 0 Å². The molecule has 0 radical (unpaired) electrons. The Labute approximate surface area is 356 Å². The predicted molar refractivity (Wildman–Crippen MR) is 255 cm³/mol. The van der Waals surface area contributed by atoms with Crippen molar-refractivity contribution in [2.45, 2.75) is 9.79 Å². The number of fused-ring (bicyclic) bond motifs is 12. The minimum absolute atomic E-state index is 0.263. The van der Waals surface area contributed by atoms with Crippen LogP contribution in [0.1, 0.15) is 0 Å². The Kier molecular flexibility index (Phi) is 7.22. The van der Waals surface area contributed by atoms with E-state index in [0.717, 1.165) is 82.6 Å². The summed E-state index contributed by atoms with van der Waals surface area (Å²) in [5.41, 5.74) is 11.7. The summed E-state index contributed by atoms with van der Waals surface area (Å²) in [6.07, 6.45) is 0. The van der Waals surface area contributed by atoms with Crippen molar-refractivity contribution in [3.63, 3.8) is 0 Å². The molecule has 0 atom stereocenters. The van der Waals surface area contributed by atoms with Crippen LogP contribution in [0.15, 0.2) is 210 Å². The van der Waals surface area contributed by atoms with Crippen LogP contribution in [0.3, 0.4) is 0 Å². The standard InChI is InChI=1S/C55H36N4O2S/c1-56-48-19-9-5-15-40(48)44-31-36(23-27-49(44)56)58-51-21-11-7-17-42(51)46-33-38(25-29-54(46)58)62(60,61)39-26-30-55-47(34-39)43-18-8-12-22-52(43)59(55)37-24-28-53-45(32-37)41-16-6-10-20-50(41)57(53)35-13-3-2-4-14-35/h2-34H,1H3. The second-order valence-corrected chi connectivity index (χ2v) is 18.2. The van der Waals surface area contributed by atoms with Crippen molar-refractivity contribution in [1.29, 1.82) is 0 Å². The van der Waals surface area contributed by atoms with E-state index in [2.05, 4.69) is 159 Å². The van der Waals surface area contributed by atoms with Gasteiger partial charge in [0.05, 0.1) is 42.9 Å². The molecule has 0 amide bonds. The van der Waals surface area contributed by atoms with Gasteiger partial charge in [0, 0.05) is 78.2 Å². The average molecular weight is 817 g/mol. The Balaban J connectivity index is 0.951. The smallest absolute Gasteiger partial charge is 0.206 e. The van der Waals surface area contributed by atoms with E-state index in [1.807, 2.05) is 54.6 Å². The molecule has 0 bridgehead atoms. The molecular formula is C55H36N4O2S. The normalized spacial score (nSPS) is 12.4. The minimum Gasteiger partial charge on any atom is -0.344 e. The van der Waals surface area contributed by atoms with Crippen molar-refractivity contribution >= 4 is 97.1 Å². The zero-order valence-electron chi connectivity index (χ0n) is 33.6. The van der Waals surface area contributed by atoms with E-state index in [-0.39, 0.29) is 9.79 Å². The number of aryl methyl sites for hydroxylation is 1. The number of hydrogen-bond acceptors (Lipinski definition) is 2. The number of benzene rings is 9. The molecule has 4 heterocycles. The van der Waals surface area contributed by atoms with E-state index < -0.39 is 9.84 Å². The number of nitrogens with zero attached hydrogens (tertiary/aromatic N) is 4. The fourth-order valence-corrected chi connectivity index (χ4v) is 11.5. The lowest BCUT2D eigenvalue weighted by atomic mass is 10.1. The number of rotatable bonds is 5. The molecular weight excluding hydrogens is 781 g/mol. The third-order valence-electron chi connectivity index (χ3n) is 13.0. The third-order valence-corrected chi connectivity index (χ3v) is 14.7. The van der Waals surface area contributed by atoms with Gasteiger partial charge in [0.25, 0.3) is 0 Å². The van der Waals surface area contributed by atoms with Crippen LogP contribution in [0.4, 0.5) is 0 Å². The first-order valence-electron chi connectivity index (χ1n) is 20.8. The third kappa shape index (κ3) is 4.82. The van der Waals surface area contributed by atoms with Crippen LogP contribution in [0.5, 0.6) is 0 Å². The molecule has 6 nitrogen and oxygen atoms in total. The van der Waals surface area contributed by atoms with Gasteiger partial charge >= 0.3 is 0 Å². The fourth-order valence-electron chi connectivity index (χ4n) is 10.2. The summed E-state index contributed by atoms with van der Waals surface area (Å²) >= 11 is 0. The van der Waals surface area contributed by atoms with Crippen LogP contribution in [-0.4, -0.2) is 26.7 Å². The molecule has 0 saturated carbocycles. The highest BCUT2D eigenvalue weighted by Gasteiger charge is 2.24. The predicted octanol–water partition coefficient (Wildman–Crippen LogP) is 13.5. The summed E-state index contributed by atoms with van der Waals surface area (Å²) in [6.45, 7) is 0. The van der Waals surface area contributed by atoms with Gasteiger partial charge in [0.2, 0.25) is 9.84 Å². The Bertz CT molecular complexity index is 4130. The van der Waals surface area contributed by atoms with Crippen molar-refractivity contribution in [2.75, 3.05) is 0 Å². The highest BCUT2D eigenvalue weighted by molar-refractivity contribution is 7.91. The molecule has 7 heteroatoms. The molecule has 0 aliphatic carbocycles. The van der Waals surface area contributed by atoms with Crippen molar-refractivity contribution in [3.8, 4) is 17.1 Å². The zero-order valence-corrected chi connectivity index (χ0v) is 34.4.